The lowest BCUT2D eigenvalue weighted by Crippen LogP contribution is -2.13. The summed E-state index contributed by atoms with van der Waals surface area (Å²) in [4.78, 5) is 10.7. The monoisotopic (exact) mass is 286 g/mol. The number of aromatic amines is 1. The Morgan fingerprint density at radius 1 is 1.24 bits per heavy atom. The topological polar surface area (TPSA) is 69.7 Å². The number of aromatic nitrogens is 4. The molecule has 2 N–H and O–H groups in total. The van der Waals surface area contributed by atoms with Crippen LogP contribution < -0.4 is 10.2 Å². The van der Waals surface area contributed by atoms with E-state index < -0.39 is 0 Å². The van der Waals surface area contributed by atoms with Crippen LogP contribution in [0.15, 0.2) is 30.5 Å². The molecule has 0 unspecified atom stereocenters. The summed E-state index contributed by atoms with van der Waals surface area (Å²) in [6.07, 6.45) is 1.68. The normalized spacial score (nSPS) is 10.8. The number of anilines is 3. The highest BCUT2D eigenvalue weighted by Crippen LogP contribution is 2.28. The summed E-state index contributed by atoms with van der Waals surface area (Å²) in [7, 11) is 1.87. The maximum absolute atomic E-state index is 13.1. The Morgan fingerprint density at radius 2 is 2.00 bits per heavy atom. The quantitative estimate of drug-likeness (QED) is 0.771. The van der Waals surface area contributed by atoms with Crippen LogP contribution in [-0.2, 0) is 0 Å². The smallest absolute Gasteiger partial charge is 0.226 e. The average Bonchev–Trinajstić information content (AvgIpc) is 2.95. The fourth-order valence-corrected chi connectivity index (χ4v) is 2.10. The fourth-order valence-electron chi connectivity index (χ4n) is 2.10. The van der Waals surface area contributed by atoms with Gasteiger partial charge in [0.05, 0.1) is 11.6 Å². The van der Waals surface area contributed by atoms with E-state index in [1.165, 1.54) is 12.1 Å². The summed E-state index contributed by atoms with van der Waals surface area (Å²) < 4.78 is 13.1. The van der Waals surface area contributed by atoms with Gasteiger partial charge in [-0.25, -0.2) is 4.39 Å². The summed E-state index contributed by atoms with van der Waals surface area (Å²) in [6.45, 7) is 2.70. The van der Waals surface area contributed by atoms with E-state index in [-0.39, 0.29) is 5.82 Å². The largest absolute Gasteiger partial charge is 0.354 e. The van der Waals surface area contributed by atoms with Crippen LogP contribution >= 0.6 is 0 Å². The number of rotatable bonds is 4. The molecule has 0 bridgehead atoms. The van der Waals surface area contributed by atoms with Gasteiger partial charge in [-0.2, -0.15) is 15.1 Å². The van der Waals surface area contributed by atoms with Crippen molar-refractivity contribution in [3.63, 3.8) is 0 Å². The third kappa shape index (κ3) is 2.49. The Balaban J connectivity index is 2.09. The van der Waals surface area contributed by atoms with E-state index in [1.54, 1.807) is 18.3 Å². The predicted molar refractivity (Wildman–Crippen MR) is 80.3 cm³/mol. The number of fused-ring (bicyclic) bond motifs is 1. The van der Waals surface area contributed by atoms with Crippen molar-refractivity contribution in [1.82, 2.24) is 20.2 Å². The van der Waals surface area contributed by atoms with Gasteiger partial charge in [-0.05, 0) is 31.2 Å². The second-order valence-corrected chi connectivity index (χ2v) is 4.57. The zero-order chi connectivity index (χ0) is 14.8. The van der Waals surface area contributed by atoms with Crippen LogP contribution in [0.4, 0.5) is 21.8 Å². The van der Waals surface area contributed by atoms with Gasteiger partial charge in [0.25, 0.3) is 0 Å². The van der Waals surface area contributed by atoms with Crippen molar-refractivity contribution in [3.8, 4) is 0 Å². The van der Waals surface area contributed by atoms with Crippen molar-refractivity contribution in [2.45, 2.75) is 6.92 Å². The van der Waals surface area contributed by atoms with Crippen molar-refractivity contribution < 1.29 is 4.39 Å². The Labute approximate surface area is 121 Å². The van der Waals surface area contributed by atoms with Crippen LogP contribution in [-0.4, -0.2) is 33.8 Å². The van der Waals surface area contributed by atoms with Crippen LogP contribution in [0, 0.1) is 5.82 Å². The summed E-state index contributed by atoms with van der Waals surface area (Å²) >= 11 is 0. The van der Waals surface area contributed by atoms with E-state index in [0.29, 0.717) is 17.4 Å². The molecule has 7 heteroatoms. The summed E-state index contributed by atoms with van der Waals surface area (Å²) in [5.74, 6) is 0.964. The molecule has 0 atom stereocenters. The van der Waals surface area contributed by atoms with Crippen molar-refractivity contribution in [2.75, 3.05) is 23.8 Å². The number of benzene rings is 1. The predicted octanol–water partition coefficient (Wildman–Crippen LogP) is 2.69. The first-order chi connectivity index (χ1) is 10.2. The SMILES string of the molecule is CCNc1nc(N(C)c2ccc(F)cc2)c2cn[nH]c2n1. The highest BCUT2D eigenvalue weighted by Gasteiger charge is 2.14. The van der Waals surface area contributed by atoms with Gasteiger partial charge in [-0.15, -0.1) is 0 Å². The van der Waals surface area contributed by atoms with Crippen molar-refractivity contribution in [2.24, 2.45) is 0 Å². The van der Waals surface area contributed by atoms with Crippen LogP contribution in [0.25, 0.3) is 11.0 Å². The van der Waals surface area contributed by atoms with E-state index in [2.05, 4.69) is 25.5 Å². The number of nitrogens with zero attached hydrogens (tertiary/aromatic N) is 4. The van der Waals surface area contributed by atoms with Crippen LogP contribution in [0.2, 0.25) is 0 Å². The van der Waals surface area contributed by atoms with Gasteiger partial charge in [0.15, 0.2) is 5.65 Å². The summed E-state index contributed by atoms with van der Waals surface area (Å²) in [6, 6.07) is 6.25. The summed E-state index contributed by atoms with van der Waals surface area (Å²) in [5.41, 5.74) is 1.49. The van der Waals surface area contributed by atoms with E-state index in [9.17, 15) is 4.39 Å². The van der Waals surface area contributed by atoms with Crippen LogP contribution in [0.3, 0.4) is 0 Å². The van der Waals surface area contributed by atoms with E-state index in [0.717, 1.165) is 17.6 Å². The van der Waals surface area contributed by atoms with Crippen molar-refractivity contribution >= 4 is 28.5 Å². The van der Waals surface area contributed by atoms with Gasteiger partial charge < -0.3 is 10.2 Å². The van der Waals surface area contributed by atoms with Gasteiger partial charge in [-0.3, -0.25) is 5.10 Å². The molecule has 3 rings (SSSR count). The first-order valence-electron chi connectivity index (χ1n) is 6.63. The van der Waals surface area contributed by atoms with Crippen molar-refractivity contribution in [1.29, 1.82) is 0 Å². The molecule has 0 amide bonds. The van der Waals surface area contributed by atoms with E-state index in [4.69, 9.17) is 0 Å². The minimum absolute atomic E-state index is 0.267. The third-order valence-corrected chi connectivity index (χ3v) is 3.16. The molecule has 2 heterocycles. The first-order valence-corrected chi connectivity index (χ1v) is 6.63. The second kappa shape index (κ2) is 5.35. The molecular weight excluding hydrogens is 271 g/mol. The lowest BCUT2D eigenvalue weighted by molar-refractivity contribution is 0.628. The third-order valence-electron chi connectivity index (χ3n) is 3.16. The second-order valence-electron chi connectivity index (χ2n) is 4.57. The molecule has 3 aromatic rings. The molecule has 6 nitrogen and oxygen atoms in total. The van der Waals surface area contributed by atoms with Crippen LogP contribution in [0.1, 0.15) is 6.92 Å². The Hall–Kier alpha value is -2.70. The lowest BCUT2D eigenvalue weighted by Gasteiger charge is -2.19. The highest BCUT2D eigenvalue weighted by molar-refractivity contribution is 5.89. The zero-order valence-corrected chi connectivity index (χ0v) is 11.8. The Kier molecular flexibility index (Phi) is 3.39. The zero-order valence-electron chi connectivity index (χ0n) is 11.8. The standard InChI is InChI=1S/C14H15FN6/c1-3-16-14-18-12-11(8-17-20-12)13(19-14)21(2)10-6-4-9(15)5-7-10/h4-8H,3H2,1-2H3,(H2,16,17,18,19,20). The number of nitrogens with one attached hydrogen (secondary N) is 2. The fraction of sp³-hybridized carbons (Fsp3) is 0.214. The summed E-state index contributed by atoms with van der Waals surface area (Å²) in [5, 5.41) is 10.8. The average molecular weight is 286 g/mol. The number of halogens is 1. The Bertz CT molecular complexity index is 752. The highest BCUT2D eigenvalue weighted by atomic mass is 19.1. The molecule has 0 aliphatic heterocycles. The molecule has 0 radical (unpaired) electrons. The first kappa shape index (κ1) is 13.3. The molecule has 0 aliphatic rings. The number of hydrogen-bond donors (Lipinski definition) is 2. The minimum atomic E-state index is -0.267. The molecule has 0 saturated carbocycles. The maximum Gasteiger partial charge on any atom is 0.226 e. The lowest BCUT2D eigenvalue weighted by atomic mass is 10.2. The van der Waals surface area contributed by atoms with Crippen molar-refractivity contribution in [3.05, 3.63) is 36.3 Å². The van der Waals surface area contributed by atoms with Crippen LogP contribution in [0.5, 0.6) is 0 Å². The molecule has 0 aliphatic carbocycles. The molecule has 0 saturated heterocycles. The molecule has 21 heavy (non-hydrogen) atoms. The van der Waals surface area contributed by atoms with E-state index in [1.807, 2.05) is 18.9 Å². The van der Waals surface area contributed by atoms with Gasteiger partial charge in [-0.1, -0.05) is 0 Å². The van der Waals surface area contributed by atoms with Gasteiger partial charge in [0, 0.05) is 19.3 Å². The number of hydrogen-bond acceptors (Lipinski definition) is 5. The minimum Gasteiger partial charge on any atom is -0.354 e. The number of H-pyrrole nitrogens is 1. The molecule has 0 fully saturated rings. The Morgan fingerprint density at radius 3 is 2.71 bits per heavy atom. The van der Waals surface area contributed by atoms with E-state index >= 15 is 0 Å². The molecule has 108 valence electrons. The molecular formula is C14H15FN6. The molecule has 1 aromatic carbocycles. The molecule has 2 aromatic heterocycles. The van der Waals surface area contributed by atoms with Gasteiger partial charge >= 0.3 is 0 Å². The van der Waals surface area contributed by atoms with Gasteiger partial charge in [0.2, 0.25) is 5.95 Å². The maximum atomic E-state index is 13.1. The van der Waals surface area contributed by atoms with Gasteiger partial charge in [0.1, 0.15) is 11.6 Å². The molecule has 0 spiro atoms.